The summed E-state index contributed by atoms with van der Waals surface area (Å²) < 4.78 is 5.81. The topological polar surface area (TPSA) is 32.8 Å². The molecular formula is C16H28N2O2. The largest absolute Gasteiger partial charge is 0.368 e. The summed E-state index contributed by atoms with van der Waals surface area (Å²) in [6.07, 6.45) is 10.00. The van der Waals surface area contributed by atoms with Crippen LogP contribution in [0.5, 0.6) is 0 Å². The molecule has 2 aliphatic heterocycles. The van der Waals surface area contributed by atoms with E-state index < -0.39 is 0 Å². The Kier molecular flexibility index (Phi) is 4.61. The number of hydrogen-bond donors (Lipinski definition) is 0. The fourth-order valence-corrected chi connectivity index (χ4v) is 4.25. The van der Waals surface area contributed by atoms with Crippen molar-refractivity contribution in [2.75, 3.05) is 26.7 Å². The summed E-state index contributed by atoms with van der Waals surface area (Å²) in [7, 11) is 2.20. The molecule has 0 bridgehead atoms. The van der Waals surface area contributed by atoms with E-state index in [1.54, 1.807) is 0 Å². The summed E-state index contributed by atoms with van der Waals surface area (Å²) in [4.78, 5) is 17.0. The van der Waals surface area contributed by atoms with Crippen LogP contribution < -0.4 is 0 Å². The van der Waals surface area contributed by atoms with Crippen molar-refractivity contribution in [1.29, 1.82) is 0 Å². The molecule has 0 N–H and O–H groups in total. The summed E-state index contributed by atoms with van der Waals surface area (Å²) in [6.45, 7) is 2.42. The number of nitrogens with zero attached hydrogens (tertiary/aromatic N) is 2. The molecule has 0 aromatic heterocycles. The second-order valence-electron chi connectivity index (χ2n) is 6.70. The van der Waals surface area contributed by atoms with Gasteiger partial charge in [0.2, 0.25) is 5.91 Å². The molecule has 4 heteroatoms. The molecule has 1 amide bonds. The fraction of sp³-hybridized carbons (Fsp3) is 0.938. The maximum Gasteiger partial charge on any atom is 0.248 e. The molecule has 0 spiro atoms. The van der Waals surface area contributed by atoms with Gasteiger partial charge < -0.3 is 14.5 Å². The molecule has 3 aliphatic rings. The summed E-state index contributed by atoms with van der Waals surface area (Å²) >= 11 is 0. The van der Waals surface area contributed by atoms with E-state index >= 15 is 0 Å². The van der Waals surface area contributed by atoms with Crippen LogP contribution >= 0.6 is 0 Å². The number of ether oxygens (including phenoxy) is 1. The van der Waals surface area contributed by atoms with Gasteiger partial charge in [0.1, 0.15) is 6.61 Å². The van der Waals surface area contributed by atoms with Gasteiger partial charge in [-0.2, -0.15) is 0 Å². The Morgan fingerprint density at radius 1 is 1.00 bits per heavy atom. The Morgan fingerprint density at radius 3 is 2.40 bits per heavy atom. The van der Waals surface area contributed by atoms with Gasteiger partial charge in [0.15, 0.2) is 0 Å². The molecule has 3 rings (SSSR count). The number of carbonyl (C=O) groups excluding carboxylic acids is 1. The lowest BCUT2D eigenvalue weighted by Gasteiger charge is -2.33. The van der Waals surface area contributed by atoms with E-state index in [2.05, 4.69) is 16.8 Å². The Labute approximate surface area is 122 Å². The van der Waals surface area contributed by atoms with Gasteiger partial charge in [0.25, 0.3) is 0 Å². The lowest BCUT2D eigenvalue weighted by Crippen LogP contribution is -2.48. The van der Waals surface area contributed by atoms with Crippen molar-refractivity contribution in [3.05, 3.63) is 0 Å². The van der Waals surface area contributed by atoms with Crippen LogP contribution in [0.2, 0.25) is 0 Å². The molecule has 20 heavy (non-hydrogen) atoms. The number of amides is 1. The second kappa shape index (κ2) is 6.44. The third-order valence-corrected chi connectivity index (χ3v) is 5.39. The second-order valence-corrected chi connectivity index (χ2v) is 6.70. The summed E-state index contributed by atoms with van der Waals surface area (Å²) in [5.41, 5.74) is 0. The maximum atomic E-state index is 12.5. The minimum absolute atomic E-state index is 0.222. The maximum absolute atomic E-state index is 12.5. The first kappa shape index (κ1) is 14.3. The highest BCUT2D eigenvalue weighted by Gasteiger charge is 2.38. The molecule has 0 aromatic carbocycles. The van der Waals surface area contributed by atoms with Crippen LogP contribution in [0.4, 0.5) is 0 Å². The predicted molar refractivity (Wildman–Crippen MR) is 78.6 cm³/mol. The standard InChI is InChI=1S/C16H28N2O2/c1-17-10-4-8-14(17)15-9-5-11-18(15)16(19)12-20-13-6-2-3-7-13/h13-15H,2-12H2,1H3. The zero-order valence-corrected chi connectivity index (χ0v) is 12.7. The molecule has 3 fully saturated rings. The Bertz CT molecular complexity index is 341. The van der Waals surface area contributed by atoms with E-state index in [0.717, 1.165) is 25.8 Å². The van der Waals surface area contributed by atoms with Gasteiger partial charge in [-0.1, -0.05) is 12.8 Å². The Balaban J connectivity index is 1.52. The average molecular weight is 280 g/mol. The zero-order valence-electron chi connectivity index (χ0n) is 12.7. The third kappa shape index (κ3) is 3.01. The lowest BCUT2D eigenvalue weighted by molar-refractivity contribution is -0.139. The molecule has 1 saturated carbocycles. The highest BCUT2D eigenvalue weighted by Crippen LogP contribution is 2.29. The highest BCUT2D eigenvalue weighted by molar-refractivity contribution is 5.78. The van der Waals surface area contributed by atoms with E-state index in [9.17, 15) is 4.79 Å². The van der Waals surface area contributed by atoms with E-state index in [0.29, 0.717) is 24.8 Å². The number of likely N-dealkylation sites (tertiary alicyclic amines) is 2. The van der Waals surface area contributed by atoms with Crippen molar-refractivity contribution < 1.29 is 9.53 Å². The number of likely N-dealkylation sites (N-methyl/N-ethyl adjacent to an activating group) is 1. The van der Waals surface area contributed by atoms with Crippen molar-refractivity contribution in [1.82, 2.24) is 9.80 Å². The monoisotopic (exact) mass is 280 g/mol. The first-order chi connectivity index (χ1) is 9.75. The molecule has 114 valence electrons. The normalized spacial score (nSPS) is 32.4. The van der Waals surface area contributed by atoms with Crippen LogP contribution in [0.15, 0.2) is 0 Å². The Morgan fingerprint density at radius 2 is 1.70 bits per heavy atom. The third-order valence-electron chi connectivity index (χ3n) is 5.39. The summed E-state index contributed by atoms with van der Waals surface area (Å²) in [6, 6.07) is 1.01. The molecule has 0 radical (unpaired) electrons. The summed E-state index contributed by atoms with van der Waals surface area (Å²) in [5, 5.41) is 0. The van der Waals surface area contributed by atoms with E-state index in [4.69, 9.17) is 4.74 Å². The molecule has 2 saturated heterocycles. The van der Waals surface area contributed by atoms with Gasteiger partial charge in [-0.3, -0.25) is 4.79 Å². The van der Waals surface area contributed by atoms with Crippen molar-refractivity contribution in [2.24, 2.45) is 0 Å². The molecule has 4 nitrogen and oxygen atoms in total. The number of rotatable bonds is 4. The van der Waals surface area contributed by atoms with Crippen LogP contribution in [0.1, 0.15) is 51.4 Å². The van der Waals surface area contributed by atoms with Crippen molar-refractivity contribution >= 4 is 5.91 Å². The lowest BCUT2D eigenvalue weighted by atomic mass is 10.0. The van der Waals surface area contributed by atoms with E-state index in [1.165, 1.54) is 38.6 Å². The molecule has 1 aliphatic carbocycles. The van der Waals surface area contributed by atoms with Crippen LogP contribution in [-0.2, 0) is 9.53 Å². The van der Waals surface area contributed by atoms with Gasteiger partial charge in [-0.25, -0.2) is 0 Å². The molecule has 2 unspecified atom stereocenters. The SMILES string of the molecule is CN1CCCC1C1CCCN1C(=O)COC1CCCC1. The number of carbonyl (C=O) groups is 1. The van der Waals surface area contributed by atoms with Crippen molar-refractivity contribution in [3.8, 4) is 0 Å². The van der Waals surface area contributed by atoms with Gasteiger partial charge >= 0.3 is 0 Å². The van der Waals surface area contributed by atoms with Crippen molar-refractivity contribution in [3.63, 3.8) is 0 Å². The first-order valence-electron chi connectivity index (χ1n) is 8.37. The quantitative estimate of drug-likeness (QED) is 0.790. The minimum atomic E-state index is 0.222. The number of hydrogen-bond acceptors (Lipinski definition) is 3. The fourth-order valence-electron chi connectivity index (χ4n) is 4.25. The van der Waals surface area contributed by atoms with Crippen LogP contribution in [0, 0.1) is 0 Å². The molecule has 2 heterocycles. The van der Waals surface area contributed by atoms with E-state index in [-0.39, 0.29) is 5.91 Å². The molecule has 0 aromatic rings. The Hall–Kier alpha value is -0.610. The van der Waals surface area contributed by atoms with Crippen molar-refractivity contribution in [2.45, 2.75) is 69.6 Å². The first-order valence-corrected chi connectivity index (χ1v) is 8.37. The molecular weight excluding hydrogens is 252 g/mol. The summed E-state index contributed by atoms with van der Waals surface area (Å²) in [5.74, 6) is 0.222. The zero-order chi connectivity index (χ0) is 13.9. The van der Waals surface area contributed by atoms with Crippen LogP contribution in [-0.4, -0.2) is 60.6 Å². The van der Waals surface area contributed by atoms with Crippen LogP contribution in [0.25, 0.3) is 0 Å². The highest BCUT2D eigenvalue weighted by atomic mass is 16.5. The van der Waals surface area contributed by atoms with Crippen LogP contribution in [0.3, 0.4) is 0 Å². The van der Waals surface area contributed by atoms with Gasteiger partial charge in [-0.15, -0.1) is 0 Å². The average Bonchev–Trinajstić information content (AvgIpc) is 3.16. The molecule has 2 atom stereocenters. The van der Waals surface area contributed by atoms with Gasteiger partial charge in [-0.05, 0) is 52.1 Å². The smallest absolute Gasteiger partial charge is 0.248 e. The predicted octanol–water partition coefficient (Wildman–Crippen LogP) is 2.03. The van der Waals surface area contributed by atoms with E-state index in [1.807, 2.05) is 0 Å². The van der Waals surface area contributed by atoms with Gasteiger partial charge in [0, 0.05) is 18.6 Å². The van der Waals surface area contributed by atoms with Gasteiger partial charge in [0.05, 0.1) is 6.10 Å². The minimum Gasteiger partial charge on any atom is -0.368 e.